The number of aromatic nitrogens is 2. The van der Waals surface area contributed by atoms with Gasteiger partial charge in [0.05, 0.1) is 16.6 Å². The zero-order valence-electron chi connectivity index (χ0n) is 14.1. The number of halogens is 2. The van der Waals surface area contributed by atoms with Crippen molar-refractivity contribution in [3.05, 3.63) is 106 Å². The van der Waals surface area contributed by atoms with Crippen LogP contribution in [0.25, 0.3) is 28.7 Å². The van der Waals surface area contributed by atoms with E-state index in [0.29, 0.717) is 28.0 Å². The molecule has 0 aliphatic heterocycles. The highest BCUT2D eigenvalue weighted by Crippen LogP contribution is 2.16. The highest BCUT2D eigenvalue weighted by atomic mass is 19.1. The van der Waals surface area contributed by atoms with Gasteiger partial charge in [0.2, 0.25) is 0 Å². The van der Waals surface area contributed by atoms with E-state index in [1.54, 1.807) is 54.6 Å². The molecule has 3 nitrogen and oxygen atoms in total. The predicted molar refractivity (Wildman–Crippen MR) is 103 cm³/mol. The van der Waals surface area contributed by atoms with Crippen LogP contribution in [0.4, 0.5) is 8.78 Å². The van der Waals surface area contributed by atoms with Gasteiger partial charge in [-0.15, -0.1) is 0 Å². The van der Waals surface area contributed by atoms with Crippen LogP contribution in [-0.2, 0) is 0 Å². The monoisotopic (exact) mass is 360 g/mol. The fraction of sp³-hybridized carbons (Fsp3) is 0. The van der Waals surface area contributed by atoms with Gasteiger partial charge in [0, 0.05) is 0 Å². The molecule has 0 N–H and O–H groups in total. The first kappa shape index (κ1) is 16.8. The quantitative estimate of drug-likeness (QED) is 0.524. The lowest BCUT2D eigenvalue weighted by Crippen LogP contribution is -2.22. The first-order chi connectivity index (χ1) is 13.1. The van der Waals surface area contributed by atoms with Crippen LogP contribution in [0.15, 0.2) is 77.6 Å². The van der Waals surface area contributed by atoms with Crippen LogP contribution in [0, 0.1) is 11.6 Å². The molecule has 0 spiro atoms. The highest BCUT2D eigenvalue weighted by Gasteiger charge is 2.11. The van der Waals surface area contributed by atoms with Gasteiger partial charge in [-0.3, -0.25) is 9.36 Å². The fourth-order valence-electron chi connectivity index (χ4n) is 2.91. The lowest BCUT2D eigenvalue weighted by Gasteiger charge is -2.11. The van der Waals surface area contributed by atoms with Crippen molar-refractivity contribution in [2.45, 2.75) is 0 Å². The van der Waals surface area contributed by atoms with Crippen molar-refractivity contribution in [1.82, 2.24) is 9.55 Å². The highest BCUT2D eigenvalue weighted by molar-refractivity contribution is 5.80. The number of nitrogens with zero attached hydrogens (tertiary/aromatic N) is 2. The molecule has 0 aliphatic carbocycles. The molecule has 27 heavy (non-hydrogen) atoms. The minimum atomic E-state index is -0.451. The van der Waals surface area contributed by atoms with Crippen LogP contribution in [0.3, 0.4) is 0 Å². The minimum Gasteiger partial charge on any atom is -0.268 e. The van der Waals surface area contributed by atoms with Crippen LogP contribution in [0.1, 0.15) is 11.4 Å². The van der Waals surface area contributed by atoms with E-state index in [-0.39, 0.29) is 11.4 Å². The molecule has 0 unspecified atom stereocenters. The maximum Gasteiger partial charge on any atom is 0.266 e. The second-order valence-electron chi connectivity index (χ2n) is 6.00. The van der Waals surface area contributed by atoms with Gasteiger partial charge in [-0.05, 0) is 54.1 Å². The van der Waals surface area contributed by atoms with Crippen LogP contribution in [-0.4, -0.2) is 9.55 Å². The average molecular weight is 360 g/mol. The second kappa shape index (κ2) is 6.96. The largest absolute Gasteiger partial charge is 0.268 e. The predicted octanol–water partition coefficient (Wildman–Crippen LogP) is 4.83. The summed E-state index contributed by atoms with van der Waals surface area (Å²) in [5.41, 5.74) is 1.24. The van der Waals surface area contributed by atoms with Gasteiger partial charge in [-0.25, -0.2) is 13.8 Å². The summed E-state index contributed by atoms with van der Waals surface area (Å²) in [6.07, 6.45) is 3.28. The molecule has 4 aromatic rings. The number of rotatable bonds is 3. The fourth-order valence-corrected chi connectivity index (χ4v) is 2.91. The maximum absolute atomic E-state index is 13.7. The summed E-state index contributed by atoms with van der Waals surface area (Å²) < 4.78 is 28.5. The van der Waals surface area contributed by atoms with Gasteiger partial charge in [-0.2, -0.15) is 0 Å². The van der Waals surface area contributed by atoms with Crippen LogP contribution >= 0.6 is 0 Å². The van der Waals surface area contributed by atoms with Gasteiger partial charge < -0.3 is 0 Å². The van der Waals surface area contributed by atoms with Crippen LogP contribution in [0.5, 0.6) is 0 Å². The molecule has 3 aromatic carbocycles. The third-order valence-electron chi connectivity index (χ3n) is 4.14. The standard InChI is InChI=1S/C22H14F2N2O/c23-16-6-3-5-15(13-16)11-12-21-25-20-10-2-1-9-19(20)22(27)26(21)18-8-4-7-17(24)14-18/h1-14H/b12-11+. The summed E-state index contributed by atoms with van der Waals surface area (Å²) >= 11 is 0. The van der Waals surface area contributed by atoms with E-state index in [1.807, 2.05) is 0 Å². The lowest BCUT2D eigenvalue weighted by molar-refractivity contribution is 0.626. The topological polar surface area (TPSA) is 34.9 Å². The molecule has 0 aliphatic rings. The van der Waals surface area contributed by atoms with E-state index in [1.165, 1.54) is 34.9 Å². The summed E-state index contributed by atoms with van der Waals surface area (Å²) in [7, 11) is 0. The van der Waals surface area contributed by atoms with Gasteiger partial charge in [0.15, 0.2) is 0 Å². The first-order valence-electron chi connectivity index (χ1n) is 8.33. The third kappa shape index (κ3) is 3.40. The molecule has 1 heterocycles. The molecule has 4 rings (SSSR count). The van der Waals surface area contributed by atoms with E-state index >= 15 is 0 Å². The van der Waals surface area contributed by atoms with Gasteiger partial charge in [0.1, 0.15) is 17.5 Å². The Bertz CT molecular complexity index is 1230. The van der Waals surface area contributed by atoms with Crippen molar-refractivity contribution in [2.24, 2.45) is 0 Å². The van der Waals surface area contributed by atoms with Crippen molar-refractivity contribution < 1.29 is 8.78 Å². The number of hydrogen-bond acceptors (Lipinski definition) is 2. The lowest BCUT2D eigenvalue weighted by atomic mass is 10.2. The van der Waals surface area contributed by atoms with Crippen molar-refractivity contribution >= 4 is 23.1 Å². The summed E-state index contributed by atoms with van der Waals surface area (Å²) in [5.74, 6) is -0.479. The Morgan fingerprint density at radius 1 is 0.815 bits per heavy atom. The summed E-state index contributed by atoms with van der Waals surface area (Å²) in [4.78, 5) is 17.6. The summed E-state index contributed by atoms with van der Waals surface area (Å²) in [6.45, 7) is 0. The number of hydrogen-bond donors (Lipinski definition) is 0. The summed E-state index contributed by atoms with van der Waals surface area (Å²) in [6, 6.07) is 18.8. The minimum absolute atomic E-state index is 0.301. The van der Waals surface area contributed by atoms with Crippen molar-refractivity contribution in [1.29, 1.82) is 0 Å². The molecule has 0 atom stereocenters. The van der Waals surface area contributed by atoms with Crippen molar-refractivity contribution in [3.8, 4) is 5.69 Å². The maximum atomic E-state index is 13.7. The normalized spacial score (nSPS) is 11.3. The number of benzene rings is 3. The Morgan fingerprint density at radius 2 is 1.56 bits per heavy atom. The van der Waals surface area contributed by atoms with E-state index in [0.717, 1.165) is 0 Å². The van der Waals surface area contributed by atoms with Gasteiger partial charge in [0.25, 0.3) is 5.56 Å². The number of para-hydroxylation sites is 1. The Hall–Kier alpha value is -3.60. The Morgan fingerprint density at radius 3 is 2.33 bits per heavy atom. The van der Waals surface area contributed by atoms with Crippen molar-refractivity contribution in [3.63, 3.8) is 0 Å². The molecule has 0 bridgehead atoms. The molecule has 0 amide bonds. The second-order valence-corrected chi connectivity index (χ2v) is 6.00. The smallest absolute Gasteiger partial charge is 0.266 e. The Labute approximate surface area is 153 Å². The third-order valence-corrected chi connectivity index (χ3v) is 4.14. The Kier molecular flexibility index (Phi) is 4.34. The summed E-state index contributed by atoms with van der Waals surface area (Å²) in [5, 5.41) is 0.435. The van der Waals surface area contributed by atoms with Crippen molar-refractivity contribution in [2.75, 3.05) is 0 Å². The van der Waals surface area contributed by atoms with E-state index < -0.39 is 5.82 Å². The molecule has 0 fully saturated rings. The molecule has 0 saturated heterocycles. The molecule has 0 radical (unpaired) electrons. The van der Waals surface area contributed by atoms with E-state index in [9.17, 15) is 13.6 Å². The van der Waals surface area contributed by atoms with Gasteiger partial charge >= 0.3 is 0 Å². The molecule has 1 aromatic heterocycles. The van der Waals surface area contributed by atoms with E-state index in [2.05, 4.69) is 4.98 Å². The zero-order chi connectivity index (χ0) is 18.8. The molecular weight excluding hydrogens is 346 g/mol. The Balaban J connectivity index is 1.95. The molecule has 0 saturated carbocycles. The SMILES string of the molecule is O=c1c2ccccc2nc(/C=C/c2cccc(F)c2)n1-c1cccc(F)c1. The van der Waals surface area contributed by atoms with Crippen LogP contribution in [0.2, 0.25) is 0 Å². The average Bonchev–Trinajstić information content (AvgIpc) is 2.66. The van der Waals surface area contributed by atoms with Gasteiger partial charge in [-0.1, -0.05) is 36.4 Å². The van der Waals surface area contributed by atoms with Crippen LogP contribution < -0.4 is 5.56 Å². The zero-order valence-corrected chi connectivity index (χ0v) is 14.1. The number of fused-ring (bicyclic) bond motifs is 1. The molecular formula is C22H14F2N2O. The van der Waals surface area contributed by atoms with E-state index in [4.69, 9.17) is 0 Å². The molecule has 5 heteroatoms. The molecule has 132 valence electrons. The first-order valence-corrected chi connectivity index (χ1v) is 8.33.